The lowest BCUT2D eigenvalue weighted by atomic mass is 10.0. The van der Waals surface area contributed by atoms with Crippen molar-refractivity contribution in [3.05, 3.63) is 107 Å². The lowest BCUT2D eigenvalue weighted by molar-refractivity contribution is 0.0730. The molecule has 0 atom stereocenters. The second kappa shape index (κ2) is 14.0. The lowest BCUT2D eigenvalue weighted by Gasteiger charge is -2.16. The van der Waals surface area contributed by atoms with E-state index in [2.05, 4.69) is 5.32 Å². The standard InChI is InChI=1S/C34H32ClN3O5/c35-25-12-14-29(38-33(39)28-19-23-8-1-2-9-24(23)20-30(28)41-17-5-15-36)31(21-25)43-34(40)27-13-11-22-7-3-4-10-26(22)32(27)42-18-6-16-37/h1-4,7-14,19-21H,5-6,15-18,36-37H2,(H,38,39). The van der Waals surface area contributed by atoms with Crippen LogP contribution in [-0.2, 0) is 0 Å². The smallest absolute Gasteiger partial charge is 0.347 e. The second-order valence-electron chi connectivity index (χ2n) is 9.82. The third-order valence-electron chi connectivity index (χ3n) is 6.79. The first kappa shape index (κ1) is 29.8. The van der Waals surface area contributed by atoms with Crippen molar-refractivity contribution in [3.8, 4) is 17.2 Å². The number of hydrogen-bond acceptors (Lipinski definition) is 7. The second-order valence-corrected chi connectivity index (χ2v) is 10.3. The van der Waals surface area contributed by atoms with Crippen molar-refractivity contribution in [2.45, 2.75) is 12.8 Å². The summed E-state index contributed by atoms with van der Waals surface area (Å²) in [6.07, 6.45) is 1.26. The summed E-state index contributed by atoms with van der Waals surface area (Å²) in [4.78, 5) is 27.2. The van der Waals surface area contributed by atoms with Crippen LogP contribution in [0.2, 0.25) is 5.02 Å². The van der Waals surface area contributed by atoms with Gasteiger partial charge in [0.2, 0.25) is 0 Å². The maximum atomic E-state index is 13.6. The molecule has 0 saturated carbocycles. The molecule has 0 saturated heterocycles. The maximum Gasteiger partial charge on any atom is 0.347 e. The molecule has 43 heavy (non-hydrogen) atoms. The number of nitrogens with one attached hydrogen (secondary N) is 1. The Labute approximate surface area is 254 Å². The van der Waals surface area contributed by atoms with Gasteiger partial charge in [-0.3, -0.25) is 4.79 Å². The van der Waals surface area contributed by atoms with Crippen molar-refractivity contribution in [2.75, 3.05) is 31.6 Å². The molecule has 0 aliphatic rings. The Morgan fingerprint density at radius 2 is 1.37 bits per heavy atom. The Hall–Kier alpha value is -4.63. The van der Waals surface area contributed by atoms with Crippen LogP contribution >= 0.6 is 11.6 Å². The van der Waals surface area contributed by atoms with E-state index in [0.29, 0.717) is 61.2 Å². The van der Waals surface area contributed by atoms with E-state index >= 15 is 0 Å². The average Bonchev–Trinajstić information content (AvgIpc) is 3.02. The zero-order valence-corrected chi connectivity index (χ0v) is 24.2. The Morgan fingerprint density at radius 3 is 2.12 bits per heavy atom. The van der Waals surface area contributed by atoms with E-state index in [1.807, 2.05) is 60.7 Å². The number of benzene rings is 5. The van der Waals surface area contributed by atoms with Crippen molar-refractivity contribution in [1.29, 1.82) is 0 Å². The third kappa shape index (κ3) is 7.06. The van der Waals surface area contributed by atoms with Gasteiger partial charge in [0.15, 0.2) is 5.75 Å². The number of fused-ring (bicyclic) bond motifs is 2. The Kier molecular flexibility index (Phi) is 9.73. The van der Waals surface area contributed by atoms with Crippen molar-refractivity contribution in [1.82, 2.24) is 0 Å². The fraction of sp³-hybridized carbons (Fsp3) is 0.176. The molecule has 1 amide bonds. The average molecular weight is 598 g/mol. The number of ether oxygens (including phenoxy) is 3. The minimum Gasteiger partial charge on any atom is -0.493 e. The summed E-state index contributed by atoms with van der Waals surface area (Å²) in [5.74, 6) is -0.196. The first-order valence-electron chi connectivity index (χ1n) is 14.0. The van der Waals surface area contributed by atoms with Crippen LogP contribution in [0.1, 0.15) is 33.6 Å². The predicted octanol–water partition coefficient (Wildman–Crippen LogP) is 6.57. The van der Waals surface area contributed by atoms with Crippen LogP contribution in [0.5, 0.6) is 17.2 Å². The monoisotopic (exact) mass is 597 g/mol. The lowest BCUT2D eigenvalue weighted by Crippen LogP contribution is -2.17. The van der Waals surface area contributed by atoms with Gasteiger partial charge >= 0.3 is 5.97 Å². The number of anilines is 1. The number of rotatable bonds is 12. The van der Waals surface area contributed by atoms with E-state index < -0.39 is 11.9 Å². The third-order valence-corrected chi connectivity index (χ3v) is 7.02. The molecule has 0 radical (unpaired) electrons. The highest BCUT2D eigenvalue weighted by Gasteiger charge is 2.22. The Bertz CT molecular complexity index is 1770. The van der Waals surface area contributed by atoms with Gasteiger partial charge in [-0.2, -0.15) is 0 Å². The van der Waals surface area contributed by atoms with Gasteiger partial charge in [0, 0.05) is 16.5 Å². The summed E-state index contributed by atoms with van der Waals surface area (Å²) in [6.45, 7) is 1.61. The maximum absolute atomic E-state index is 13.6. The van der Waals surface area contributed by atoms with Crippen LogP contribution in [0.25, 0.3) is 21.5 Å². The summed E-state index contributed by atoms with van der Waals surface area (Å²) in [5, 5.41) is 6.69. The van der Waals surface area contributed by atoms with Crippen LogP contribution in [0.3, 0.4) is 0 Å². The van der Waals surface area contributed by atoms with Gasteiger partial charge < -0.3 is 31.0 Å². The first-order valence-corrected chi connectivity index (χ1v) is 14.4. The van der Waals surface area contributed by atoms with Crippen molar-refractivity contribution < 1.29 is 23.8 Å². The van der Waals surface area contributed by atoms with Crippen LogP contribution in [0, 0.1) is 0 Å². The fourth-order valence-electron chi connectivity index (χ4n) is 4.63. The number of halogens is 1. The number of carbonyl (C=O) groups excluding carboxylic acids is 2. The quantitative estimate of drug-likeness (QED) is 0.0843. The predicted molar refractivity (Wildman–Crippen MR) is 171 cm³/mol. The molecule has 0 aromatic heterocycles. The molecule has 0 bridgehead atoms. The number of amides is 1. The molecular formula is C34H32ClN3O5. The summed E-state index contributed by atoms with van der Waals surface area (Å²) in [6, 6.07) is 27.0. The number of esters is 1. The van der Waals surface area contributed by atoms with Crippen LogP contribution < -0.4 is 31.0 Å². The Balaban J connectivity index is 1.45. The van der Waals surface area contributed by atoms with Crippen LogP contribution in [0.15, 0.2) is 91.0 Å². The van der Waals surface area contributed by atoms with Crippen LogP contribution in [-0.4, -0.2) is 38.2 Å². The van der Waals surface area contributed by atoms with E-state index in [-0.39, 0.29) is 17.0 Å². The summed E-state index contributed by atoms with van der Waals surface area (Å²) >= 11 is 6.28. The molecule has 5 rings (SSSR count). The molecular weight excluding hydrogens is 566 g/mol. The highest BCUT2D eigenvalue weighted by Crippen LogP contribution is 2.35. The minimum absolute atomic E-state index is 0.0818. The highest BCUT2D eigenvalue weighted by molar-refractivity contribution is 6.31. The summed E-state index contributed by atoms with van der Waals surface area (Å²) in [7, 11) is 0. The Morgan fingerprint density at radius 1 is 0.698 bits per heavy atom. The summed E-state index contributed by atoms with van der Waals surface area (Å²) < 4.78 is 17.8. The zero-order valence-electron chi connectivity index (χ0n) is 23.5. The molecule has 0 aliphatic carbocycles. The van der Waals surface area contributed by atoms with E-state index in [9.17, 15) is 9.59 Å². The van der Waals surface area contributed by atoms with Gasteiger partial charge in [-0.1, -0.05) is 66.2 Å². The van der Waals surface area contributed by atoms with Gasteiger partial charge in [0.05, 0.1) is 24.5 Å². The van der Waals surface area contributed by atoms with Gasteiger partial charge in [-0.05, 0) is 72.4 Å². The van der Waals surface area contributed by atoms with E-state index in [1.54, 1.807) is 24.3 Å². The SMILES string of the molecule is NCCCOc1cc2ccccc2cc1C(=O)Nc1ccc(Cl)cc1OC(=O)c1ccc2ccccc2c1OCCCN. The molecule has 0 unspecified atom stereocenters. The topological polar surface area (TPSA) is 126 Å². The molecule has 8 nitrogen and oxygen atoms in total. The number of nitrogens with two attached hydrogens (primary N) is 2. The molecule has 0 spiro atoms. The molecule has 9 heteroatoms. The largest absolute Gasteiger partial charge is 0.493 e. The fourth-order valence-corrected chi connectivity index (χ4v) is 4.79. The van der Waals surface area contributed by atoms with Crippen molar-refractivity contribution in [2.24, 2.45) is 11.5 Å². The van der Waals surface area contributed by atoms with E-state index in [1.165, 1.54) is 6.07 Å². The molecule has 5 aromatic rings. The minimum atomic E-state index is -0.664. The van der Waals surface area contributed by atoms with E-state index in [4.69, 9.17) is 37.3 Å². The number of carbonyl (C=O) groups is 2. The summed E-state index contributed by atoms with van der Waals surface area (Å²) in [5.41, 5.74) is 12.1. The van der Waals surface area contributed by atoms with Crippen molar-refractivity contribution in [3.63, 3.8) is 0 Å². The van der Waals surface area contributed by atoms with Gasteiger partial charge in [0.1, 0.15) is 17.1 Å². The molecule has 0 aliphatic heterocycles. The van der Waals surface area contributed by atoms with Gasteiger partial charge in [-0.15, -0.1) is 0 Å². The molecule has 5 aromatic carbocycles. The first-order chi connectivity index (χ1) is 21.0. The zero-order chi connectivity index (χ0) is 30.2. The molecule has 0 heterocycles. The van der Waals surface area contributed by atoms with Gasteiger partial charge in [0.25, 0.3) is 5.91 Å². The normalized spacial score (nSPS) is 11.0. The van der Waals surface area contributed by atoms with E-state index in [0.717, 1.165) is 21.5 Å². The highest BCUT2D eigenvalue weighted by atomic mass is 35.5. The van der Waals surface area contributed by atoms with Crippen molar-refractivity contribution >= 4 is 50.7 Å². The number of hydrogen-bond donors (Lipinski definition) is 3. The molecule has 5 N–H and O–H groups in total. The molecule has 220 valence electrons. The van der Waals surface area contributed by atoms with Crippen LogP contribution in [0.4, 0.5) is 5.69 Å². The molecule has 0 fully saturated rings. The van der Waals surface area contributed by atoms with Gasteiger partial charge in [-0.25, -0.2) is 4.79 Å².